The number of aromatic amines is 1. The van der Waals surface area contributed by atoms with Crippen LogP contribution in [0.5, 0.6) is 0 Å². The van der Waals surface area contributed by atoms with E-state index in [1.54, 1.807) is 6.20 Å². The molecule has 8 nitrogen and oxygen atoms in total. The molecule has 1 saturated heterocycles. The molecular formula is C25H30N8. The third-order valence-electron chi connectivity index (χ3n) is 5.99. The van der Waals surface area contributed by atoms with Crippen molar-refractivity contribution in [2.24, 2.45) is 0 Å². The van der Waals surface area contributed by atoms with Gasteiger partial charge in [0.25, 0.3) is 0 Å². The van der Waals surface area contributed by atoms with E-state index in [-0.39, 0.29) is 0 Å². The highest BCUT2D eigenvalue weighted by atomic mass is 15.2. The lowest BCUT2D eigenvalue weighted by molar-refractivity contribution is 0.179. The third-order valence-corrected chi connectivity index (χ3v) is 5.99. The lowest BCUT2D eigenvalue weighted by Gasteiger charge is -2.36. The van der Waals surface area contributed by atoms with E-state index < -0.39 is 0 Å². The average Bonchev–Trinajstić information content (AvgIpc) is 3.28. The molecule has 0 saturated carbocycles. The van der Waals surface area contributed by atoms with Crippen LogP contribution >= 0.6 is 0 Å². The zero-order valence-electron chi connectivity index (χ0n) is 19.3. The number of fused-ring (bicyclic) bond motifs is 1. The molecule has 5 heterocycles. The predicted octanol–water partition coefficient (Wildman–Crippen LogP) is 3.48. The molecule has 0 aliphatic carbocycles. The molecule has 1 aliphatic rings. The second-order valence-corrected chi connectivity index (χ2v) is 8.94. The van der Waals surface area contributed by atoms with Gasteiger partial charge < -0.3 is 10.6 Å². The molecule has 33 heavy (non-hydrogen) atoms. The Labute approximate surface area is 193 Å². The van der Waals surface area contributed by atoms with Crippen molar-refractivity contribution in [1.29, 1.82) is 0 Å². The van der Waals surface area contributed by atoms with Crippen LogP contribution in [0, 0.1) is 6.92 Å². The Morgan fingerprint density at radius 3 is 2.67 bits per heavy atom. The highest BCUT2D eigenvalue weighted by Crippen LogP contribution is 2.29. The molecule has 4 aromatic heterocycles. The number of hydrogen-bond donors (Lipinski definition) is 3. The molecule has 3 N–H and O–H groups in total. The molecule has 4 aromatic rings. The van der Waals surface area contributed by atoms with Crippen LogP contribution in [0.1, 0.15) is 19.5 Å². The number of anilines is 1. The van der Waals surface area contributed by atoms with Crippen molar-refractivity contribution in [3.8, 4) is 22.6 Å². The van der Waals surface area contributed by atoms with E-state index in [2.05, 4.69) is 55.6 Å². The van der Waals surface area contributed by atoms with E-state index in [9.17, 15) is 0 Å². The summed E-state index contributed by atoms with van der Waals surface area (Å²) in [7, 11) is 0. The predicted molar refractivity (Wildman–Crippen MR) is 132 cm³/mol. The minimum absolute atomic E-state index is 0.529. The van der Waals surface area contributed by atoms with Crippen molar-refractivity contribution < 1.29 is 0 Å². The molecule has 2 atom stereocenters. The van der Waals surface area contributed by atoms with Crippen LogP contribution in [0.15, 0.2) is 48.8 Å². The Balaban J connectivity index is 1.33. The van der Waals surface area contributed by atoms with Crippen molar-refractivity contribution in [3.63, 3.8) is 0 Å². The first-order chi connectivity index (χ1) is 16.0. The zero-order valence-corrected chi connectivity index (χ0v) is 19.3. The molecule has 0 amide bonds. The van der Waals surface area contributed by atoms with Crippen LogP contribution in [-0.4, -0.2) is 68.3 Å². The van der Waals surface area contributed by atoms with Crippen LogP contribution in [0.2, 0.25) is 0 Å². The van der Waals surface area contributed by atoms with Crippen molar-refractivity contribution in [1.82, 2.24) is 35.4 Å². The first-order valence-corrected chi connectivity index (χ1v) is 11.5. The van der Waals surface area contributed by atoms with Gasteiger partial charge >= 0.3 is 0 Å². The van der Waals surface area contributed by atoms with Gasteiger partial charge in [0.1, 0.15) is 0 Å². The molecule has 8 heteroatoms. The van der Waals surface area contributed by atoms with Gasteiger partial charge in [0.05, 0.1) is 46.2 Å². The van der Waals surface area contributed by atoms with Crippen LogP contribution in [0.25, 0.3) is 33.7 Å². The number of aryl methyl sites for hydroxylation is 1. The minimum atomic E-state index is 0.529. The van der Waals surface area contributed by atoms with Gasteiger partial charge in [-0.2, -0.15) is 5.10 Å². The number of H-pyrrole nitrogens is 1. The van der Waals surface area contributed by atoms with Crippen LogP contribution in [0.4, 0.5) is 5.69 Å². The van der Waals surface area contributed by atoms with E-state index in [0.29, 0.717) is 12.1 Å². The summed E-state index contributed by atoms with van der Waals surface area (Å²) in [6.45, 7) is 10.5. The number of pyridine rings is 3. The summed E-state index contributed by atoms with van der Waals surface area (Å²) in [6.07, 6.45) is 3.69. The molecule has 0 bridgehead atoms. The van der Waals surface area contributed by atoms with Crippen LogP contribution < -0.4 is 10.6 Å². The molecule has 1 aliphatic heterocycles. The van der Waals surface area contributed by atoms with E-state index >= 15 is 0 Å². The molecule has 0 radical (unpaired) electrons. The summed E-state index contributed by atoms with van der Waals surface area (Å²) < 4.78 is 0. The first-order valence-electron chi connectivity index (χ1n) is 11.5. The number of aromatic nitrogens is 5. The van der Waals surface area contributed by atoms with Crippen molar-refractivity contribution >= 4 is 16.7 Å². The summed E-state index contributed by atoms with van der Waals surface area (Å²) in [4.78, 5) is 16.6. The van der Waals surface area contributed by atoms with Gasteiger partial charge in [-0.25, -0.2) is 4.98 Å². The van der Waals surface area contributed by atoms with Gasteiger partial charge in [-0.05, 0) is 51.1 Å². The van der Waals surface area contributed by atoms with Gasteiger partial charge in [-0.15, -0.1) is 0 Å². The number of nitrogens with one attached hydrogen (secondary N) is 3. The number of nitrogens with zero attached hydrogens (tertiary/aromatic N) is 5. The fourth-order valence-electron chi connectivity index (χ4n) is 4.59. The molecular weight excluding hydrogens is 412 g/mol. The quantitative estimate of drug-likeness (QED) is 0.421. The normalized spacial score (nSPS) is 19.1. The Kier molecular flexibility index (Phi) is 6.02. The molecule has 1 fully saturated rings. The second kappa shape index (κ2) is 9.25. The maximum atomic E-state index is 4.90. The highest BCUT2D eigenvalue weighted by Gasteiger charge is 2.20. The Morgan fingerprint density at radius 2 is 1.85 bits per heavy atom. The monoisotopic (exact) mass is 442 g/mol. The topological polar surface area (TPSA) is 94.7 Å². The Bertz CT molecular complexity index is 1240. The van der Waals surface area contributed by atoms with Crippen molar-refractivity contribution in [3.05, 3.63) is 54.5 Å². The smallest absolute Gasteiger partial charge is 0.0928 e. The van der Waals surface area contributed by atoms with Gasteiger partial charge in [-0.1, -0.05) is 6.07 Å². The fraction of sp³-hybridized carbons (Fsp3) is 0.360. The fourth-order valence-corrected chi connectivity index (χ4v) is 4.59. The standard InChI is InChI=1S/C25H30N8/c1-16-5-4-6-23(30-16)25-20(13-28-32-25)21-7-8-22-24(31-21)11-19(12-27-22)26-9-10-33-14-17(2)29-18(3)15-33/h4-8,11-13,17-18,26,29H,9-10,14-15H2,1-3H3,(H,28,32). The minimum Gasteiger partial charge on any atom is -0.382 e. The lowest BCUT2D eigenvalue weighted by Crippen LogP contribution is -2.54. The third kappa shape index (κ3) is 4.86. The number of hydrogen-bond acceptors (Lipinski definition) is 7. The van der Waals surface area contributed by atoms with Crippen molar-refractivity contribution in [2.45, 2.75) is 32.9 Å². The number of rotatable bonds is 6. The SMILES string of the molecule is Cc1cccc(-c2[nH]ncc2-c2ccc3ncc(NCCN4CC(C)NC(C)C4)cc3n2)n1. The summed E-state index contributed by atoms with van der Waals surface area (Å²) in [5, 5.41) is 14.4. The summed E-state index contributed by atoms with van der Waals surface area (Å²) in [5.74, 6) is 0. The first kappa shape index (κ1) is 21.5. The van der Waals surface area contributed by atoms with E-state index in [0.717, 1.165) is 71.2 Å². The van der Waals surface area contributed by atoms with Gasteiger partial charge in [0.15, 0.2) is 0 Å². The van der Waals surface area contributed by atoms with Crippen LogP contribution in [0.3, 0.4) is 0 Å². The van der Waals surface area contributed by atoms with Crippen molar-refractivity contribution in [2.75, 3.05) is 31.5 Å². The number of piperazine rings is 1. The van der Waals surface area contributed by atoms with E-state index in [4.69, 9.17) is 4.98 Å². The second-order valence-electron chi connectivity index (χ2n) is 8.94. The summed E-state index contributed by atoms with van der Waals surface area (Å²) in [6, 6.07) is 13.1. The van der Waals surface area contributed by atoms with E-state index in [1.807, 2.05) is 43.5 Å². The van der Waals surface area contributed by atoms with Gasteiger partial charge in [0, 0.05) is 49.5 Å². The maximum absolute atomic E-state index is 4.90. The Morgan fingerprint density at radius 1 is 1.00 bits per heavy atom. The zero-order chi connectivity index (χ0) is 22.8. The van der Waals surface area contributed by atoms with Gasteiger partial charge in [0.2, 0.25) is 0 Å². The maximum Gasteiger partial charge on any atom is 0.0928 e. The largest absolute Gasteiger partial charge is 0.382 e. The summed E-state index contributed by atoms with van der Waals surface area (Å²) in [5.41, 5.74) is 7.16. The van der Waals surface area contributed by atoms with Gasteiger partial charge in [-0.3, -0.25) is 20.0 Å². The Hall–Kier alpha value is -3.36. The average molecular weight is 443 g/mol. The molecule has 5 rings (SSSR count). The van der Waals surface area contributed by atoms with Crippen LogP contribution in [-0.2, 0) is 0 Å². The molecule has 0 spiro atoms. The highest BCUT2D eigenvalue weighted by molar-refractivity contribution is 5.83. The molecule has 170 valence electrons. The lowest BCUT2D eigenvalue weighted by atomic mass is 10.1. The van der Waals surface area contributed by atoms with E-state index in [1.165, 1.54) is 0 Å². The molecule has 2 unspecified atom stereocenters. The molecule has 0 aromatic carbocycles. The summed E-state index contributed by atoms with van der Waals surface area (Å²) >= 11 is 0.